The number of nitrogens with one attached hydrogen (secondary N) is 3. The monoisotopic (exact) mass is 446 g/mol. The molecule has 29 heavy (non-hydrogen) atoms. The summed E-state index contributed by atoms with van der Waals surface area (Å²) in [6, 6.07) is 7.34. The summed E-state index contributed by atoms with van der Waals surface area (Å²) in [6.07, 6.45) is 5.20. The van der Waals surface area contributed by atoms with Gasteiger partial charge in [0.05, 0.1) is 19.8 Å². The van der Waals surface area contributed by atoms with E-state index in [1.54, 1.807) is 6.07 Å². The van der Waals surface area contributed by atoms with Crippen LogP contribution < -0.4 is 16.0 Å². The molecule has 2 aliphatic rings. The van der Waals surface area contributed by atoms with Gasteiger partial charge in [0.15, 0.2) is 0 Å². The van der Waals surface area contributed by atoms with E-state index in [0.717, 1.165) is 32.5 Å². The van der Waals surface area contributed by atoms with Crippen LogP contribution >= 0.6 is 24.8 Å². The molecule has 1 aromatic carbocycles. The van der Waals surface area contributed by atoms with E-state index in [2.05, 4.69) is 20.9 Å². The predicted octanol–water partition coefficient (Wildman–Crippen LogP) is 2.66. The molecule has 0 saturated carbocycles. The number of anilines is 2. The van der Waals surface area contributed by atoms with Gasteiger partial charge < -0.3 is 20.7 Å². The van der Waals surface area contributed by atoms with Crippen LogP contribution in [0.4, 0.5) is 11.4 Å². The third kappa shape index (κ3) is 9.31. The molecule has 1 atom stereocenters. The Morgan fingerprint density at radius 3 is 2.31 bits per heavy atom. The third-order valence-corrected chi connectivity index (χ3v) is 4.93. The largest absolute Gasteiger partial charge is 0.378 e. The van der Waals surface area contributed by atoms with Crippen LogP contribution in [0.1, 0.15) is 32.1 Å². The SMILES string of the molecule is Cl.Cl.O=C(CC1COCCN1)Nc1cccc(NC(=O)CN2CCCCCC2)c1. The number of morpholine rings is 1. The minimum Gasteiger partial charge on any atom is -0.378 e. The molecule has 3 rings (SSSR count). The number of ether oxygens (including phenoxy) is 1. The van der Waals surface area contributed by atoms with Crippen LogP contribution in [0.25, 0.3) is 0 Å². The van der Waals surface area contributed by atoms with Crippen molar-refractivity contribution < 1.29 is 14.3 Å². The molecule has 0 aromatic heterocycles. The number of amides is 2. The second kappa shape index (κ2) is 13.8. The van der Waals surface area contributed by atoms with Gasteiger partial charge in [-0.05, 0) is 44.1 Å². The summed E-state index contributed by atoms with van der Waals surface area (Å²) in [7, 11) is 0. The zero-order valence-electron chi connectivity index (χ0n) is 16.7. The van der Waals surface area contributed by atoms with E-state index >= 15 is 0 Å². The molecule has 0 bridgehead atoms. The van der Waals surface area contributed by atoms with Crippen molar-refractivity contribution in [2.24, 2.45) is 0 Å². The molecular formula is C20H32Cl2N4O3. The van der Waals surface area contributed by atoms with E-state index in [1.165, 1.54) is 12.8 Å². The molecule has 9 heteroatoms. The second-order valence-electron chi connectivity index (χ2n) is 7.30. The van der Waals surface area contributed by atoms with Crippen molar-refractivity contribution >= 4 is 48.0 Å². The maximum absolute atomic E-state index is 12.3. The first kappa shape index (κ1) is 25.7. The lowest BCUT2D eigenvalue weighted by Crippen LogP contribution is -2.43. The fraction of sp³-hybridized carbons (Fsp3) is 0.600. The molecule has 164 valence electrons. The van der Waals surface area contributed by atoms with Crippen LogP contribution in [0.2, 0.25) is 0 Å². The molecule has 0 spiro atoms. The van der Waals surface area contributed by atoms with Gasteiger partial charge in [-0.1, -0.05) is 18.9 Å². The van der Waals surface area contributed by atoms with Gasteiger partial charge in [-0.2, -0.15) is 0 Å². The highest BCUT2D eigenvalue weighted by atomic mass is 35.5. The molecule has 2 heterocycles. The number of hydrogen-bond acceptors (Lipinski definition) is 5. The number of carbonyl (C=O) groups is 2. The molecule has 2 aliphatic heterocycles. The summed E-state index contributed by atoms with van der Waals surface area (Å²) in [5.74, 6) is -0.0741. The fourth-order valence-electron chi connectivity index (χ4n) is 3.56. The van der Waals surface area contributed by atoms with Crippen LogP contribution in [-0.4, -0.2) is 62.1 Å². The Kier molecular flexibility index (Phi) is 12.2. The Morgan fingerprint density at radius 2 is 1.69 bits per heavy atom. The number of halogens is 2. The van der Waals surface area contributed by atoms with Crippen molar-refractivity contribution in [1.82, 2.24) is 10.2 Å². The molecule has 1 unspecified atom stereocenters. The van der Waals surface area contributed by atoms with Gasteiger partial charge in [0, 0.05) is 30.4 Å². The lowest BCUT2D eigenvalue weighted by molar-refractivity contribution is -0.118. The quantitative estimate of drug-likeness (QED) is 0.625. The van der Waals surface area contributed by atoms with Crippen molar-refractivity contribution in [2.45, 2.75) is 38.1 Å². The van der Waals surface area contributed by atoms with E-state index in [0.29, 0.717) is 37.6 Å². The Hall–Kier alpha value is -1.38. The number of hydrogen-bond donors (Lipinski definition) is 3. The first-order chi connectivity index (χ1) is 13.2. The number of carbonyl (C=O) groups excluding carboxylic acids is 2. The number of rotatable bonds is 6. The van der Waals surface area contributed by atoms with E-state index in [4.69, 9.17) is 4.74 Å². The molecular weight excluding hydrogens is 415 g/mol. The molecule has 2 fully saturated rings. The first-order valence-electron chi connectivity index (χ1n) is 9.92. The van der Waals surface area contributed by atoms with Crippen LogP contribution in [0.15, 0.2) is 24.3 Å². The first-order valence-corrected chi connectivity index (χ1v) is 9.92. The van der Waals surface area contributed by atoms with Crippen molar-refractivity contribution in [3.8, 4) is 0 Å². The van der Waals surface area contributed by atoms with Gasteiger partial charge in [-0.15, -0.1) is 24.8 Å². The zero-order chi connectivity index (χ0) is 18.9. The van der Waals surface area contributed by atoms with Crippen molar-refractivity contribution in [2.75, 3.05) is 50.0 Å². The molecule has 0 radical (unpaired) electrons. The second-order valence-corrected chi connectivity index (χ2v) is 7.30. The molecule has 0 aliphatic carbocycles. The zero-order valence-corrected chi connectivity index (χ0v) is 18.3. The molecule has 2 amide bonds. The van der Waals surface area contributed by atoms with E-state index in [1.807, 2.05) is 18.2 Å². The standard InChI is InChI=1S/C20H30N4O3.2ClH/c25-19(13-18-15-27-11-8-21-18)22-16-6-5-7-17(12-16)23-20(26)14-24-9-3-1-2-4-10-24;;/h5-7,12,18,21H,1-4,8-11,13-15H2,(H,22,25)(H,23,26);2*1H. The van der Waals surface area contributed by atoms with Crippen LogP contribution in [0.5, 0.6) is 0 Å². The van der Waals surface area contributed by atoms with Crippen molar-refractivity contribution in [3.05, 3.63) is 24.3 Å². The van der Waals surface area contributed by atoms with Crippen molar-refractivity contribution in [3.63, 3.8) is 0 Å². The normalized spacial score (nSPS) is 19.8. The van der Waals surface area contributed by atoms with Crippen LogP contribution in [-0.2, 0) is 14.3 Å². The van der Waals surface area contributed by atoms with Gasteiger partial charge in [0.25, 0.3) is 0 Å². The fourth-order valence-corrected chi connectivity index (χ4v) is 3.56. The highest BCUT2D eigenvalue weighted by Gasteiger charge is 2.17. The molecule has 1 aromatic rings. The third-order valence-electron chi connectivity index (χ3n) is 4.93. The van der Waals surface area contributed by atoms with E-state index in [-0.39, 0.29) is 42.7 Å². The van der Waals surface area contributed by atoms with Gasteiger partial charge >= 0.3 is 0 Å². The Labute approximate surface area is 185 Å². The Balaban J connectivity index is 0.00000210. The Bertz CT molecular complexity index is 634. The number of nitrogens with zero attached hydrogens (tertiary/aromatic N) is 1. The number of likely N-dealkylation sites (tertiary alicyclic amines) is 1. The predicted molar refractivity (Wildman–Crippen MR) is 120 cm³/mol. The van der Waals surface area contributed by atoms with Gasteiger partial charge in [0.2, 0.25) is 11.8 Å². The van der Waals surface area contributed by atoms with Crippen LogP contribution in [0.3, 0.4) is 0 Å². The van der Waals surface area contributed by atoms with Crippen molar-refractivity contribution in [1.29, 1.82) is 0 Å². The molecule has 2 saturated heterocycles. The molecule has 7 nitrogen and oxygen atoms in total. The van der Waals surface area contributed by atoms with Gasteiger partial charge in [-0.25, -0.2) is 0 Å². The minimum absolute atomic E-state index is 0. The van der Waals surface area contributed by atoms with Crippen LogP contribution in [0, 0.1) is 0 Å². The van der Waals surface area contributed by atoms with Gasteiger partial charge in [-0.3, -0.25) is 14.5 Å². The smallest absolute Gasteiger partial charge is 0.238 e. The summed E-state index contributed by atoms with van der Waals surface area (Å²) in [4.78, 5) is 26.8. The lowest BCUT2D eigenvalue weighted by Gasteiger charge is -2.23. The minimum atomic E-state index is -0.0638. The van der Waals surface area contributed by atoms with E-state index in [9.17, 15) is 9.59 Å². The average Bonchev–Trinajstić information content (AvgIpc) is 2.91. The average molecular weight is 447 g/mol. The highest BCUT2D eigenvalue weighted by Crippen LogP contribution is 2.16. The topological polar surface area (TPSA) is 82.7 Å². The lowest BCUT2D eigenvalue weighted by atomic mass is 10.2. The summed E-state index contributed by atoms with van der Waals surface area (Å²) in [5.41, 5.74) is 1.39. The van der Waals surface area contributed by atoms with E-state index < -0.39 is 0 Å². The Morgan fingerprint density at radius 1 is 1.03 bits per heavy atom. The summed E-state index contributed by atoms with van der Waals surface area (Å²) in [5, 5.41) is 9.11. The molecule has 3 N–H and O–H groups in total. The number of benzene rings is 1. The summed E-state index contributed by atoms with van der Waals surface area (Å²) in [6.45, 7) is 4.42. The maximum atomic E-state index is 12.3. The highest BCUT2D eigenvalue weighted by molar-refractivity contribution is 5.95. The summed E-state index contributed by atoms with van der Waals surface area (Å²) >= 11 is 0. The summed E-state index contributed by atoms with van der Waals surface area (Å²) < 4.78 is 5.37. The maximum Gasteiger partial charge on any atom is 0.238 e. The van der Waals surface area contributed by atoms with Gasteiger partial charge in [0.1, 0.15) is 0 Å².